The highest BCUT2D eigenvalue weighted by Crippen LogP contribution is 2.26. The molecule has 0 aliphatic carbocycles. The highest BCUT2D eigenvalue weighted by atomic mass is 16.5. The molecule has 3 aromatic rings. The summed E-state index contributed by atoms with van der Waals surface area (Å²) in [7, 11) is 1.69. The van der Waals surface area contributed by atoms with Gasteiger partial charge in [0.2, 0.25) is 0 Å². The molecule has 0 aliphatic rings. The Labute approximate surface area is 159 Å². The third-order valence-corrected chi connectivity index (χ3v) is 4.60. The highest BCUT2D eigenvalue weighted by Gasteiger charge is 2.10. The number of hydrogen-bond acceptors (Lipinski definition) is 5. The number of ether oxygens (including phenoxy) is 2. The molecule has 0 spiro atoms. The lowest BCUT2D eigenvalue weighted by molar-refractivity contribution is 0.107. The van der Waals surface area contributed by atoms with E-state index in [0.29, 0.717) is 6.54 Å². The average Bonchev–Trinajstić information content (AvgIpc) is 3.06. The van der Waals surface area contributed by atoms with Crippen molar-refractivity contribution in [1.29, 1.82) is 0 Å². The summed E-state index contributed by atoms with van der Waals surface area (Å²) in [5.41, 5.74) is 4.16. The van der Waals surface area contributed by atoms with E-state index in [2.05, 4.69) is 33.7 Å². The van der Waals surface area contributed by atoms with Gasteiger partial charge in [0.15, 0.2) is 0 Å². The SMILES string of the molecule is COc1cc(CCNC[C@H](O)COc2cccc3n[nH]c(C)c23)ccc1C. The molecule has 2 aromatic carbocycles. The van der Waals surface area contributed by atoms with Crippen molar-refractivity contribution in [1.82, 2.24) is 15.5 Å². The molecule has 0 saturated carbocycles. The quantitative estimate of drug-likeness (QED) is 0.506. The minimum Gasteiger partial charge on any atom is -0.496 e. The van der Waals surface area contributed by atoms with Gasteiger partial charge in [-0.25, -0.2) is 0 Å². The van der Waals surface area contributed by atoms with Gasteiger partial charge in [-0.1, -0.05) is 18.2 Å². The molecule has 6 heteroatoms. The van der Waals surface area contributed by atoms with E-state index < -0.39 is 6.10 Å². The average molecular weight is 369 g/mol. The van der Waals surface area contributed by atoms with Gasteiger partial charge >= 0.3 is 0 Å². The number of rotatable bonds is 9. The number of aryl methyl sites for hydroxylation is 2. The minimum absolute atomic E-state index is 0.231. The van der Waals surface area contributed by atoms with Crippen LogP contribution >= 0.6 is 0 Å². The van der Waals surface area contributed by atoms with Gasteiger partial charge in [0.1, 0.15) is 24.2 Å². The van der Waals surface area contributed by atoms with Gasteiger partial charge < -0.3 is 19.9 Å². The Balaban J connectivity index is 1.43. The molecule has 27 heavy (non-hydrogen) atoms. The molecule has 1 heterocycles. The number of H-pyrrole nitrogens is 1. The molecule has 0 radical (unpaired) electrons. The van der Waals surface area contributed by atoms with Gasteiger partial charge in [0, 0.05) is 12.2 Å². The Bertz CT molecular complexity index is 892. The van der Waals surface area contributed by atoms with Crippen LogP contribution in [0.2, 0.25) is 0 Å². The van der Waals surface area contributed by atoms with E-state index in [0.717, 1.165) is 46.6 Å². The first-order chi connectivity index (χ1) is 13.1. The first kappa shape index (κ1) is 19.2. The van der Waals surface area contributed by atoms with Crippen LogP contribution in [0.1, 0.15) is 16.8 Å². The van der Waals surface area contributed by atoms with E-state index in [1.807, 2.05) is 32.0 Å². The first-order valence-electron chi connectivity index (χ1n) is 9.17. The maximum atomic E-state index is 10.2. The molecular weight excluding hydrogens is 342 g/mol. The Morgan fingerprint density at radius 2 is 2.04 bits per heavy atom. The van der Waals surface area contributed by atoms with Crippen LogP contribution < -0.4 is 14.8 Å². The molecule has 0 unspecified atom stereocenters. The molecule has 3 N–H and O–H groups in total. The molecule has 0 aliphatic heterocycles. The maximum Gasteiger partial charge on any atom is 0.130 e. The second-order valence-corrected chi connectivity index (χ2v) is 6.72. The van der Waals surface area contributed by atoms with Crippen molar-refractivity contribution >= 4 is 10.9 Å². The largest absolute Gasteiger partial charge is 0.496 e. The van der Waals surface area contributed by atoms with Crippen LogP contribution in [0.3, 0.4) is 0 Å². The number of aromatic amines is 1. The molecule has 0 bridgehead atoms. The van der Waals surface area contributed by atoms with Gasteiger partial charge in [0.25, 0.3) is 0 Å². The van der Waals surface area contributed by atoms with Crippen LogP contribution in [0.25, 0.3) is 10.9 Å². The van der Waals surface area contributed by atoms with Gasteiger partial charge in [-0.3, -0.25) is 5.10 Å². The minimum atomic E-state index is -0.583. The van der Waals surface area contributed by atoms with Gasteiger partial charge in [-0.15, -0.1) is 0 Å². The summed E-state index contributed by atoms with van der Waals surface area (Å²) in [5.74, 6) is 1.65. The van der Waals surface area contributed by atoms with E-state index in [1.165, 1.54) is 5.56 Å². The fourth-order valence-electron chi connectivity index (χ4n) is 3.08. The van der Waals surface area contributed by atoms with Crippen molar-refractivity contribution in [2.45, 2.75) is 26.4 Å². The summed E-state index contributed by atoms with van der Waals surface area (Å²) < 4.78 is 11.2. The second kappa shape index (κ2) is 8.88. The number of nitrogens with zero attached hydrogens (tertiary/aromatic N) is 1. The number of aliphatic hydroxyl groups excluding tert-OH is 1. The zero-order valence-corrected chi connectivity index (χ0v) is 16.1. The summed E-state index contributed by atoms with van der Waals surface area (Å²) in [6.07, 6.45) is 0.289. The van der Waals surface area contributed by atoms with Crippen LogP contribution in [0, 0.1) is 13.8 Å². The standard InChI is InChI=1S/C21H27N3O3/c1-14-7-8-16(11-20(14)26-3)9-10-22-12-17(25)13-27-19-6-4-5-18-21(19)15(2)23-24-18/h4-8,11,17,22,25H,9-10,12-13H2,1-3H3,(H,23,24)/t17-/m0/s1. The van der Waals surface area contributed by atoms with E-state index in [-0.39, 0.29) is 6.61 Å². The van der Waals surface area contributed by atoms with Crippen molar-refractivity contribution in [2.75, 3.05) is 26.8 Å². The van der Waals surface area contributed by atoms with Crippen LogP contribution in [-0.2, 0) is 6.42 Å². The third-order valence-electron chi connectivity index (χ3n) is 4.60. The predicted molar refractivity (Wildman–Crippen MR) is 107 cm³/mol. The smallest absolute Gasteiger partial charge is 0.130 e. The molecule has 0 amide bonds. The topological polar surface area (TPSA) is 79.4 Å². The van der Waals surface area contributed by atoms with E-state index in [1.54, 1.807) is 7.11 Å². The van der Waals surface area contributed by atoms with Crippen LogP contribution in [0.15, 0.2) is 36.4 Å². The van der Waals surface area contributed by atoms with Gasteiger partial charge in [-0.05, 0) is 56.1 Å². The summed E-state index contributed by atoms with van der Waals surface area (Å²) in [4.78, 5) is 0. The molecule has 1 aromatic heterocycles. The molecule has 0 fully saturated rings. The molecular formula is C21H27N3O3. The van der Waals surface area contributed by atoms with Crippen LogP contribution in [0.5, 0.6) is 11.5 Å². The lowest BCUT2D eigenvalue weighted by Crippen LogP contribution is -2.32. The van der Waals surface area contributed by atoms with Crippen molar-refractivity contribution < 1.29 is 14.6 Å². The maximum absolute atomic E-state index is 10.2. The fourth-order valence-corrected chi connectivity index (χ4v) is 3.08. The highest BCUT2D eigenvalue weighted by molar-refractivity contribution is 5.87. The van der Waals surface area contributed by atoms with Crippen molar-refractivity contribution in [3.8, 4) is 11.5 Å². The van der Waals surface area contributed by atoms with Crippen LogP contribution in [0.4, 0.5) is 0 Å². The monoisotopic (exact) mass is 369 g/mol. The first-order valence-corrected chi connectivity index (χ1v) is 9.17. The molecule has 1 atom stereocenters. The number of methoxy groups -OCH3 is 1. The predicted octanol–water partition coefficient (Wildman–Crippen LogP) is 2.76. The van der Waals surface area contributed by atoms with Crippen molar-refractivity contribution in [3.05, 3.63) is 53.2 Å². The Kier molecular flexibility index (Phi) is 6.32. The number of hydrogen-bond donors (Lipinski definition) is 3. The van der Waals surface area contributed by atoms with Crippen LogP contribution in [-0.4, -0.2) is 48.2 Å². The second-order valence-electron chi connectivity index (χ2n) is 6.72. The number of aromatic nitrogens is 2. The summed E-state index contributed by atoms with van der Waals surface area (Å²) in [6, 6.07) is 12.0. The summed E-state index contributed by atoms with van der Waals surface area (Å²) in [5, 5.41) is 21.6. The Morgan fingerprint density at radius 3 is 2.85 bits per heavy atom. The van der Waals surface area contributed by atoms with E-state index >= 15 is 0 Å². The Morgan fingerprint density at radius 1 is 1.19 bits per heavy atom. The fraction of sp³-hybridized carbons (Fsp3) is 0.381. The Hall–Kier alpha value is -2.57. The van der Waals surface area contributed by atoms with Crippen molar-refractivity contribution in [2.24, 2.45) is 0 Å². The zero-order chi connectivity index (χ0) is 19.2. The zero-order valence-electron chi connectivity index (χ0n) is 16.1. The summed E-state index contributed by atoms with van der Waals surface area (Å²) >= 11 is 0. The number of benzene rings is 2. The lowest BCUT2D eigenvalue weighted by atomic mass is 10.1. The number of nitrogens with one attached hydrogen (secondary N) is 2. The van der Waals surface area contributed by atoms with Gasteiger partial charge in [0.05, 0.1) is 18.0 Å². The van der Waals surface area contributed by atoms with Gasteiger partial charge in [-0.2, -0.15) is 5.10 Å². The number of fused-ring (bicyclic) bond motifs is 1. The lowest BCUT2D eigenvalue weighted by Gasteiger charge is -2.14. The summed E-state index contributed by atoms with van der Waals surface area (Å²) in [6.45, 7) is 5.47. The van der Waals surface area contributed by atoms with E-state index in [4.69, 9.17) is 9.47 Å². The third kappa shape index (κ3) is 4.78. The molecule has 6 nitrogen and oxygen atoms in total. The normalized spacial score (nSPS) is 12.3. The number of aliphatic hydroxyl groups is 1. The van der Waals surface area contributed by atoms with E-state index in [9.17, 15) is 5.11 Å². The molecule has 144 valence electrons. The molecule has 0 saturated heterocycles. The molecule has 3 rings (SSSR count). The van der Waals surface area contributed by atoms with Crippen molar-refractivity contribution in [3.63, 3.8) is 0 Å².